The predicted octanol–water partition coefficient (Wildman–Crippen LogP) is 3.28. The maximum atomic E-state index is 12.4. The molecule has 0 spiro atoms. The van der Waals surface area contributed by atoms with Crippen molar-refractivity contribution in [3.05, 3.63) is 62.0 Å². The van der Waals surface area contributed by atoms with Crippen LogP contribution in [-0.4, -0.2) is 18.3 Å². The summed E-state index contributed by atoms with van der Waals surface area (Å²) < 4.78 is 25.5. The van der Waals surface area contributed by atoms with Crippen LogP contribution in [0.15, 0.2) is 56.8 Å². The first-order chi connectivity index (χ1) is 9.25. The zero-order chi connectivity index (χ0) is 15.0. The minimum absolute atomic E-state index is 0.0546. The second-order valence-electron chi connectivity index (χ2n) is 4.19. The average Bonchev–Trinajstić information content (AvgIpc) is 2.39. The quantitative estimate of drug-likeness (QED) is 0.350. The maximum Gasteiger partial charge on any atom is 0.318 e. The predicted molar refractivity (Wildman–Crippen MR) is 78.7 cm³/mol. The molecular formula is C12H9BrClNO4S. The highest BCUT2D eigenvalue weighted by Crippen LogP contribution is 2.33. The van der Waals surface area contributed by atoms with E-state index in [0.29, 0.717) is 0 Å². The lowest BCUT2D eigenvalue weighted by atomic mass is 10.1. The molecule has 0 bridgehead atoms. The first kappa shape index (κ1) is 15.2. The van der Waals surface area contributed by atoms with Gasteiger partial charge in [0.05, 0.1) is 16.2 Å². The van der Waals surface area contributed by atoms with Crippen LogP contribution in [0.25, 0.3) is 0 Å². The van der Waals surface area contributed by atoms with Crippen LogP contribution in [0.4, 0.5) is 0 Å². The number of nitro groups is 1. The second-order valence-corrected chi connectivity index (χ2v) is 7.71. The van der Waals surface area contributed by atoms with Crippen LogP contribution >= 0.6 is 27.5 Å². The molecule has 1 unspecified atom stereocenters. The first-order valence-corrected chi connectivity index (χ1v) is 8.14. The molecule has 1 aliphatic carbocycles. The van der Waals surface area contributed by atoms with Crippen LogP contribution in [0.3, 0.4) is 0 Å². The molecule has 0 N–H and O–H groups in total. The molecule has 0 aliphatic heterocycles. The zero-order valence-electron chi connectivity index (χ0n) is 9.99. The van der Waals surface area contributed by atoms with E-state index in [-0.39, 0.29) is 16.2 Å². The van der Waals surface area contributed by atoms with Crippen LogP contribution in [-0.2, 0) is 9.84 Å². The molecule has 0 saturated carbocycles. The summed E-state index contributed by atoms with van der Waals surface area (Å²) in [7, 11) is -3.82. The summed E-state index contributed by atoms with van der Waals surface area (Å²) in [5.41, 5.74) is 0. The van der Waals surface area contributed by atoms with Gasteiger partial charge in [-0.15, -0.1) is 0 Å². The van der Waals surface area contributed by atoms with Crippen molar-refractivity contribution in [2.45, 2.75) is 16.3 Å². The van der Waals surface area contributed by atoms with Crippen molar-refractivity contribution in [2.75, 3.05) is 0 Å². The van der Waals surface area contributed by atoms with E-state index >= 15 is 0 Å². The lowest BCUT2D eigenvalue weighted by Crippen LogP contribution is -2.31. The third-order valence-corrected chi connectivity index (χ3v) is 5.48. The number of benzene rings is 1. The molecule has 1 atom stereocenters. The Morgan fingerprint density at radius 2 is 1.90 bits per heavy atom. The fraction of sp³-hybridized carbons (Fsp3) is 0.167. The Balaban J connectivity index is 2.49. The van der Waals surface area contributed by atoms with Gasteiger partial charge in [0.25, 0.3) is 0 Å². The number of sulfone groups is 1. The van der Waals surface area contributed by atoms with Crippen molar-refractivity contribution in [3.63, 3.8) is 0 Å². The Labute approximate surface area is 129 Å². The molecule has 0 heterocycles. The Bertz CT molecular complexity index is 711. The van der Waals surface area contributed by atoms with Crippen molar-refractivity contribution in [3.8, 4) is 0 Å². The van der Waals surface area contributed by atoms with Crippen LogP contribution in [0.1, 0.15) is 6.42 Å². The standard InChI is InChI=1S/C12H9BrClNO4S/c13-9-3-5-10(6-4-9)20(18,19)11-2-1-7-12(14,8-11)15(16)17/h1-6,8H,7H2. The molecule has 5 nitrogen and oxygen atoms in total. The molecule has 0 radical (unpaired) electrons. The van der Waals surface area contributed by atoms with Gasteiger partial charge in [-0.2, -0.15) is 0 Å². The summed E-state index contributed by atoms with van der Waals surface area (Å²) in [5.74, 6) is 0. The summed E-state index contributed by atoms with van der Waals surface area (Å²) in [6, 6.07) is 6.01. The molecule has 1 aliphatic rings. The third-order valence-electron chi connectivity index (χ3n) is 2.79. The second kappa shape index (κ2) is 5.31. The van der Waals surface area contributed by atoms with E-state index < -0.39 is 19.8 Å². The van der Waals surface area contributed by atoms with Gasteiger partial charge < -0.3 is 0 Å². The smallest absolute Gasteiger partial charge is 0.262 e. The molecule has 20 heavy (non-hydrogen) atoms. The van der Waals surface area contributed by atoms with Gasteiger partial charge in [-0.25, -0.2) is 8.42 Å². The molecule has 8 heteroatoms. The highest BCUT2D eigenvalue weighted by molar-refractivity contribution is 9.10. The van der Waals surface area contributed by atoms with E-state index in [4.69, 9.17) is 11.6 Å². The fourth-order valence-corrected chi connectivity index (χ4v) is 3.64. The van der Waals surface area contributed by atoms with E-state index in [1.54, 1.807) is 12.1 Å². The first-order valence-electron chi connectivity index (χ1n) is 5.49. The number of rotatable bonds is 3. The Morgan fingerprint density at radius 3 is 2.45 bits per heavy atom. The summed E-state index contributed by atoms with van der Waals surface area (Å²) in [4.78, 5) is 8.20. The molecule has 0 fully saturated rings. The van der Waals surface area contributed by atoms with Gasteiger partial charge >= 0.3 is 5.00 Å². The molecular weight excluding hydrogens is 370 g/mol. The normalized spacial score (nSPS) is 22.4. The number of allylic oxidation sites excluding steroid dienone is 1. The van der Waals surface area contributed by atoms with Gasteiger partial charge in [0, 0.05) is 15.5 Å². The van der Waals surface area contributed by atoms with Crippen molar-refractivity contribution >= 4 is 37.4 Å². The van der Waals surface area contributed by atoms with Gasteiger partial charge in [0.15, 0.2) is 0 Å². The zero-order valence-corrected chi connectivity index (χ0v) is 13.2. The Hall–Kier alpha value is -1.18. The fourth-order valence-electron chi connectivity index (χ4n) is 1.71. The molecule has 1 aromatic rings. The highest BCUT2D eigenvalue weighted by Gasteiger charge is 2.41. The Kier molecular flexibility index (Phi) is 4.04. The molecule has 0 saturated heterocycles. The van der Waals surface area contributed by atoms with E-state index in [2.05, 4.69) is 15.9 Å². The van der Waals surface area contributed by atoms with Gasteiger partial charge in [-0.3, -0.25) is 10.1 Å². The third kappa shape index (κ3) is 2.79. The van der Waals surface area contributed by atoms with E-state index in [1.807, 2.05) is 0 Å². The summed E-state index contributed by atoms with van der Waals surface area (Å²) in [5, 5.41) is 10.9. The minimum atomic E-state index is -3.82. The number of alkyl halides is 1. The summed E-state index contributed by atoms with van der Waals surface area (Å²) in [6.45, 7) is 0. The van der Waals surface area contributed by atoms with Crippen LogP contribution < -0.4 is 0 Å². The van der Waals surface area contributed by atoms with Crippen LogP contribution in [0.5, 0.6) is 0 Å². The molecule has 0 aromatic heterocycles. The monoisotopic (exact) mass is 377 g/mol. The average molecular weight is 379 g/mol. The largest absolute Gasteiger partial charge is 0.318 e. The number of hydrogen-bond donors (Lipinski definition) is 0. The molecule has 2 rings (SSSR count). The maximum absolute atomic E-state index is 12.4. The SMILES string of the molecule is O=[N+]([O-])C1(Cl)C=C(S(=O)(=O)c2ccc(Br)cc2)C=CC1. The Morgan fingerprint density at radius 1 is 1.30 bits per heavy atom. The van der Waals surface area contributed by atoms with Crippen molar-refractivity contribution in [1.29, 1.82) is 0 Å². The summed E-state index contributed by atoms with van der Waals surface area (Å²) >= 11 is 9.04. The number of nitrogens with zero attached hydrogens (tertiary/aromatic N) is 1. The van der Waals surface area contributed by atoms with Crippen LogP contribution in [0.2, 0.25) is 0 Å². The lowest BCUT2D eigenvalue weighted by Gasteiger charge is -2.17. The van der Waals surface area contributed by atoms with Crippen molar-refractivity contribution < 1.29 is 13.3 Å². The van der Waals surface area contributed by atoms with E-state index in [1.165, 1.54) is 24.3 Å². The topological polar surface area (TPSA) is 77.3 Å². The van der Waals surface area contributed by atoms with Gasteiger partial charge in [0.2, 0.25) is 9.84 Å². The minimum Gasteiger partial charge on any atom is -0.262 e. The van der Waals surface area contributed by atoms with Gasteiger partial charge in [0.1, 0.15) is 0 Å². The molecule has 1 aromatic carbocycles. The number of halogens is 2. The summed E-state index contributed by atoms with van der Waals surface area (Å²) in [6.07, 6.45) is 3.65. The highest BCUT2D eigenvalue weighted by atomic mass is 79.9. The molecule has 106 valence electrons. The lowest BCUT2D eigenvalue weighted by molar-refractivity contribution is -0.527. The van der Waals surface area contributed by atoms with E-state index in [9.17, 15) is 18.5 Å². The van der Waals surface area contributed by atoms with E-state index in [0.717, 1.165) is 10.5 Å². The number of hydrogen-bond acceptors (Lipinski definition) is 4. The van der Waals surface area contributed by atoms with Crippen LogP contribution in [0, 0.1) is 10.1 Å². The van der Waals surface area contributed by atoms with Crippen molar-refractivity contribution in [2.24, 2.45) is 0 Å². The van der Waals surface area contributed by atoms with Gasteiger partial charge in [-0.1, -0.05) is 22.0 Å². The molecule has 0 amide bonds. The van der Waals surface area contributed by atoms with Gasteiger partial charge in [-0.05, 0) is 41.9 Å². The van der Waals surface area contributed by atoms with Crippen molar-refractivity contribution in [1.82, 2.24) is 0 Å².